The number of carboxylic acid groups (broad SMARTS) is 1. The number of ether oxygens (including phenoxy) is 1. The summed E-state index contributed by atoms with van der Waals surface area (Å²) in [5.74, 6) is -0.406. The molecule has 0 radical (unpaired) electrons. The first-order valence-corrected chi connectivity index (χ1v) is 8.47. The van der Waals surface area contributed by atoms with Crippen molar-refractivity contribution in [2.75, 3.05) is 6.73 Å². The summed E-state index contributed by atoms with van der Waals surface area (Å²) in [5, 5.41) is 9.11. The molecule has 0 saturated heterocycles. The first-order valence-electron chi connectivity index (χ1n) is 8.47. The largest absolute Gasteiger partial charge is 0.478 e. The minimum Gasteiger partial charge on any atom is -0.478 e. The van der Waals surface area contributed by atoms with Crippen molar-refractivity contribution in [3.05, 3.63) is 102 Å². The highest BCUT2D eigenvalue weighted by molar-refractivity contribution is 5.87. The van der Waals surface area contributed by atoms with Crippen LogP contribution in [0, 0.1) is 0 Å². The van der Waals surface area contributed by atoms with E-state index in [4.69, 9.17) is 9.84 Å². The smallest absolute Gasteiger partial charge is 0.335 e. The summed E-state index contributed by atoms with van der Waals surface area (Å²) in [6.07, 6.45) is 0. The van der Waals surface area contributed by atoms with Gasteiger partial charge in [-0.3, -0.25) is 4.90 Å². The number of benzene rings is 3. The zero-order valence-corrected chi connectivity index (χ0v) is 14.4. The lowest BCUT2D eigenvalue weighted by Crippen LogP contribution is -2.27. The third kappa shape index (κ3) is 5.19. The number of hydrogen-bond donors (Lipinski definition) is 1. The van der Waals surface area contributed by atoms with Crippen LogP contribution in [0.25, 0.3) is 0 Å². The van der Waals surface area contributed by atoms with Gasteiger partial charge in [-0.05, 0) is 29.3 Å². The van der Waals surface area contributed by atoms with Crippen LogP contribution in [0.4, 0.5) is 0 Å². The molecule has 0 spiro atoms. The number of aromatic carboxylic acids is 1. The molecule has 0 unspecified atom stereocenters. The van der Waals surface area contributed by atoms with Crippen molar-refractivity contribution in [3.8, 4) is 5.75 Å². The maximum atomic E-state index is 11.1. The van der Waals surface area contributed by atoms with E-state index in [0.29, 0.717) is 12.5 Å². The van der Waals surface area contributed by atoms with Crippen LogP contribution in [0.1, 0.15) is 21.5 Å². The molecule has 3 aromatic carbocycles. The number of carboxylic acids is 1. The van der Waals surface area contributed by atoms with E-state index < -0.39 is 5.97 Å². The molecule has 3 aromatic rings. The van der Waals surface area contributed by atoms with E-state index >= 15 is 0 Å². The standard InChI is InChI=1S/C22H21NO3/c24-22(25)20-12-7-13-21(14-20)26-17-23(15-18-8-3-1-4-9-18)16-19-10-5-2-6-11-19/h1-14H,15-17H2,(H,24,25). The van der Waals surface area contributed by atoms with Crippen LogP contribution in [-0.4, -0.2) is 22.7 Å². The lowest BCUT2D eigenvalue weighted by Gasteiger charge is -2.23. The highest BCUT2D eigenvalue weighted by Gasteiger charge is 2.09. The second-order valence-electron chi connectivity index (χ2n) is 6.06. The molecule has 0 heterocycles. The van der Waals surface area contributed by atoms with E-state index in [1.54, 1.807) is 24.3 Å². The van der Waals surface area contributed by atoms with Gasteiger partial charge in [0.1, 0.15) is 12.5 Å². The van der Waals surface area contributed by atoms with Crippen LogP contribution in [0.5, 0.6) is 5.75 Å². The topological polar surface area (TPSA) is 49.8 Å². The Hall–Kier alpha value is -3.11. The van der Waals surface area contributed by atoms with E-state index in [0.717, 1.165) is 13.1 Å². The molecule has 0 bridgehead atoms. The van der Waals surface area contributed by atoms with Crippen molar-refractivity contribution in [2.24, 2.45) is 0 Å². The van der Waals surface area contributed by atoms with Crippen molar-refractivity contribution in [2.45, 2.75) is 13.1 Å². The van der Waals surface area contributed by atoms with Crippen LogP contribution in [0.2, 0.25) is 0 Å². The van der Waals surface area contributed by atoms with Gasteiger partial charge in [0.25, 0.3) is 0 Å². The molecule has 4 heteroatoms. The predicted molar refractivity (Wildman–Crippen MR) is 101 cm³/mol. The van der Waals surface area contributed by atoms with Gasteiger partial charge in [-0.15, -0.1) is 0 Å². The normalized spacial score (nSPS) is 10.7. The number of carbonyl (C=O) groups is 1. The lowest BCUT2D eigenvalue weighted by atomic mass is 10.2. The van der Waals surface area contributed by atoms with E-state index in [1.165, 1.54) is 11.1 Å². The van der Waals surface area contributed by atoms with Crippen molar-refractivity contribution in [3.63, 3.8) is 0 Å². The van der Waals surface area contributed by atoms with E-state index in [9.17, 15) is 4.79 Å². The van der Waals surface area contributed by atoms with Crippen molar-refractivity contribution in [1.29, 1.82) is 0 Å². The molecule has 0 atom stereocenters. The van der Waals surface area contributed by atoms with E-state index in [-0.39, 0.29) is 5.56 Å². The maximum Gasteiger partial charge on any atom is 0.335 e. The Balaban J connectivity index is 1.70. The molecule has 26 heavy (non-hydrogen) atoms. The summed E-state index contributed by atoms with van der Waals surface area (Å²) in [5.41, 5.74) is 2.62. The Morgan fingerprint density at radius 2 is 1.38 bits per heavy atom. The Morgan fingerprint density at radius 1 is 0.808 bits per heavy atom. The van der Waals surface area contributed by atoms with Gasteiger partial charge in [0, 0.05) is 13.1 Å². The quantitative estimate of drug-likeness (QED) is 0.613. The fraction of sp³-hybridized carbons (Fsp3) is 0.136. The number of nitrogens with zero attached hydrogens (tertiary/aromatic N) is 1. The summed E-state index contributed by atoms with van der Waals surface area (Å²) in [6, 6.07) is 27.0. The Labute approximate surface area is 153 Å². The fourth-order valence-electron chi connectivity index (χ4n) is 2.72. The average molecular weight is 347 g/mol. The van der Waals surface area contributed by atoms with Gasteiger partial charge in [-0.25, -0.2) is 4.79 Å². The van der Waals surface area contributed by atoms with Crippen molar-refractivity contribution < 1.29 is 14.6 Å². The van der Waals surface area contributed by atoms with Gasteiger partial charge in [0.05, 0.1) is 5.56 Å². The van der Waals surface area contributed by atoms with Crippen LogP contribution >= 0.6 is 0 Å². The molecule has 0 saturated carbocycles. The van der Waals surface area contributed by atoms with Gasteiger partial charge in [-0.2, -0.15) is 0 Å². The lowest BCUT2D eigenvalue weighted by molar-refractivity contribution is 0.0695. The molecule has 0 aliphatic carbocycles. The van der Waals surface area contributed by atoms with Crippen LogP contribution in [-0.2, 0) is 13.1 Å². The van der Waals surface area contributed by atoms with Gasteiger partial charge < -0.3 is 9.84 Å². The molecule has 4 nitrogen and oxygen atoms in total. The summed E-state index contributed by atoms with van der Waals surface area (Å²) < 4.78 is 5.87. The molecule has 0 aliphatic rings. The zero-order valence-electron chi connectivity index (χ0n) is 14.4. The summed E-state index contributed by atoms with van der Waals surface area (Å²) in [6.45, 7) is 1.86. The monoisotopic (exact) mass is 347 g/mol. The first-order chi connectivity index (χ1) is 12.7. The molecular weight excluding hydrogens is 326 g/mol. The minimum absolute atomic E-state index is 0.222. The first kappa shape index (κ1) is 17.7. The van der Waals surface area contributed by atoms with Gasteiger partial charge in [0.15, 0.2) is 0 Å². The third-order valence-corrected chi connectivity index (χ3v) is 3.99. The number of rotatable bonds is 8. The molecular formula is C22H21NO3. The highest BCUT2D eigenvalue weighted by Crippen LogP contribution is 2.16. The molecule has 132 valence electrons. The fourth-order valence-corrected chi connectivity index (χ4v) is 2.72. The zero-order chi connectivity index (χ0) is 18.2. The average Bonchev–Trinajstić information content (AvgIpc) is 2.68. The molecule has 3 rings (SSSR count). The molecule has 1 N–H and O–H groups in total. The highest BCUT2D eigenvalue weighted by atomic mass is 16.5. The van der Waals surface area contributed by atoms with Crippen molar-refractivity contribution >= 4 is 5.97 Å². The molecule has 0 aliphatic heterocycles. The Bertz CT molecular complexity index is 793. The Kier molecular flexibility index (Phi) is 6.01. The Morgan fingerprint density at radius 3 is 1.92 bits per heavy atom. The summed E-state index contributed by atoms with van der Waals surface area (Å²) in [7, 11) is 0. The van der Waals surface area contributed by atoms with Crippen LogP contribution in [0.15, 0.2) is 84.9 Å². The van der Waals surface area contributed by atoms with Crippen LogP contribution < -0.4 is 4.74 Å². The van der Waals surface area contributed by atoms with E-state index in [2.05, 4.69) is 29.2 Å². The van der Waals surface area contributed by atoms with Gasteiger partial charge >= 0.3 is 5.97 Å². The SMILES string of the molecule is O=C(O)c1cccc(OCN(Cc2ccccc2)Cc2ccccc2)c1. The van der Waals surface area contributed by atoms with Crippen molar-refractivity contribution in [1.82, 2.24) is 4.90 Å². The number of hydrogen-bond acceptors (Lipinski definition) is 3. The van der Waals surface area contributed by atoms with Gasteiger partial charge in [0.2, 0.25) is 0 Å². The van der Waals surface area contributed by atoms with E-state index in [1.807, 2.05) is 36.4 Å². The second kappa shape index (κ2) is 8.83. The summed E-state index contributed by atoms with van der Waals surface area (Å²) >= 11 is 0. The summed E-state index contributed by atoms with van der Waals surface area (Å²) in [4.78, 5) is 13.3. The van der Waals surface area contributed by atoms with Crippen LogP contribution in [0.3, 0.4) is 0 Å². The third-order valence-electron chi connectivity index (χ3n) is 3.99. The molecule has 0 amide bonds. The minimum atomic E-state index is -0.958. The maximum absolute atomic E-state index is 11.1. The van der Waals surface area contributed by atoms with Gasteiger partial charge in [-0.1, -0.05) is 66.7 Å². The predicted octanol–water partition coefficient (Wildman–Crippen LogP) is 4.42. The second-order valence-corrected chi connectivity index (χ2v) is 6.06. The molecule has 0 fully saturated rings. The molecule has 0 aromatic heterocycles.